The summed E-state index contributed by atoms with van der Waals surface area (Å²) in [5, 5.41) is 2.73. The van der Waals surface area contributed by atoms with Crippen LogP contribution in [0.25, 0.3) is 10.4 Å². The van der Waals surface area contributed by atoms with Crippen molar-refractivity contribution in [2.24, 2.45) is 5.11 Å². The lowest BCUT2D eigenvalue weighted by atomic mass is 10.7. The zero-order chi connectivity index (χ0) is 12.8. The van der Waals surface area contributed by atoms with Gasteiger partial charge in [-0.2, -0.15) is 0 Å². The van der Waals surface area contributed by atoms with Crippen LogP contribution in [0.1, 0.15) is 6.92 Å². The van der Waals surface area contributed by atoms with E-state index in [1.807, 2.05) is 6.92 Å². The SMILES string of the molecule is CCOCCOCCOCCOC(=O)N=[N+]=[N-]. The van der Waals surface area contributed by atoms with Crippen LogP contribution in [0.5, 0.6) is 0 Å². The van der Waals surface area contributed by atoms with Crippen molar-refractivity contribution in [2.75, 3.05) is 46.2 Å². The first-order chi connectivity index (χ1) is 8.31. The zero-order valence-corrected chi connectivity index (χ0v) is 9.83. The molecule has 98 valence electrons. The van der Waals surface area contributed by atoms with Crippen LogP contribution in [0, 0.1) is 0 Å². The molecule has 0 aromatic heterocycles. The fourth-order valence-corrected chi connectivity index (χ4v) is 0.837. The fourth-order valence-electron chi connectivity index (χ4n) is 0.837. The number of rotatable bonds is 10. The Bertz CT molecular complexity index is 243. The van der Waals surface area contributed by atoms with Gasteiger partial charge in [-0.05, 0) is 12.5 Å². The second-order valence-electron chi connectivity index (χ2n) is 2.73. The molecule has 0 aromatic carbocycles. The number of azide groups is 1. The van der Waals surface area contributed by atoms with E-state index in [4.69, 9.17) is 19.7 Å². The molecule has 8 heteroatoms. The van der Waals surface area contributed by atoms with Gasteiger partial charge in [-0.3, -0.25) is 0 Å². The molecule has 0 saturated carbocycles. The normalized spacial score (nSPS) is 9.71. The number of hydrogen-bond donors (Lipinski definition) is 0. The molecule has 0 bridgehead atoms. The number of carbonyl (C=O) groups excluding carboxylic acids is 1. The van der Waals surface area contributed by atoms with E-state index < -0.39 is 6.09 Å². The van der Waals surface area contributed by atoms with Gasteiger partial charge in [0, 0.05) is 16.6 Å². The van der Waals surface area contributed by atoms with Crippen LogP contribution in [0.2, 0.25) is 0 Å². The van der Waals surface area contributed by atoms with E-state index in [-0.39, 0.29) is 13.2 Å². The van der Waals surface area contributed by atoms with E-state index in [9.17, 15) is 4.79 Å². The topological polar surface area (TPSA) is 103 Å². The van der Waals surface area contributed by atoms with Crippen LogP contribution in [0.15, 0.2) is 5.11 Å². The first-order valence-electron chi connectivity index (χ1n) is 5.26. The van der Waals surface area contributed by atoms with Crippen molar-refractivity contribution in [3.63, 3.8) is 0 Å². The summed E-state index contributed by atoms with van der Waals surface area (Å²) >= 11 is 0. The highest BCUT2D eigenvalue weighted by molar-refractivity contribution is 5.67. The second-order valence-corrected chi connectivity index (χ2v) is 2.73. The molecular weight excluding hydrogens is 230 g/mol. The Morgan fingerprint density at radius 1 is 1.06 bits per heavy atom. The number of nitrogens with zero attached hydrogens (tertiary/aromatic N) is 3. The first kappa shape index (κ1) is 15.7. The standard InChI is InChI=1S/C9H17N3O5/c1-2-14-3-4-15-5-6-16-7-8-17-9(13)11-12-10/h2-8H2,1H3. The fraction of sp³-hybridized carbons (Fsp3) is 0.889. The van der Waals surface area contributed by atoms with Crippen LogP contribution in [-0.4, -0.2) is 52.3 Å². The lowest BCUT2D eigenvalue weighted by molar-refractivity contribution is 0.00802. The van der Waals surface area contributed by atoms with E-state index >= 15 is 0 Å². The van der Waals surface area contributed by atoms with E-state index in [1.165, 1.54) is 0 Å². The summed E-state index contributed by atoms with van der Waals surface area (Å²) in [6.07, 6.45) is -0.955. The summed E-state index contributed by atoms with van der Waals surface area (Å²) in [5.41, 5.74) is 7.90. The maximum atomic E-state index is 10.5. The van der Waals surface area contributed by atoms with Crippen molar-refractivity contribution < 1.29 is 23.7 Å². The summed E-state index contributed by atoms with van der Waals surface area (Å²) in [4.78, 5) is 12.8. The molecule has 1 amide bonds. The summed E-state index contributed by atoms with van der Waals surface area (Å²) < 4.78 is 19.8. The maximum absolute atomic E-state index is 10.5. The average Bonchev–Trinajstić information content (AvgIpc) is 2.32. The molecule has 0 N–H and O–H groups in total. The molecule has 17 heavy (non-hydrogen) atoms. The molecule has 0 aliphatic heterocycles. The van der Waals surface area contributed by atoms with E-state index in [0.717, 1.165) is 0 Å². The maximum Gasteiger partial charge on any atom is 0.396 e. The van der Waals surface area contributed by atoms with Gasteiger partial charge in [0.1, 0.15) is 6.61 Å². The number of ether oxygens (including phenoxy) is 4. The van der Waals surface area contributed by atoms with Crippen LogP contribution in [0.4, 0.5) is 4.79 Å². The van der Waals surface area contributed by atoms with Gasteiger partial charge < -0.3 is 18.9 Å². The number of hydrogen-bond acceptors (Lipinski definition) is 5. The first-order valence-corrected chi connectivity index (χ1v) is 5.26. The average molecular weight is 247 g/mol. The van der Waals surface area contributed by atoms with Crippen molar-refractivity contribution in [1.82, 2.24) is 0 Å². The van der Waals surface area contributed by atoms with E-state index in [1.54, 1.807) is 0 Å². The summed E-state index contributed by atoms with van der Waals surface area (Å²) in [7, 11) is 0. The third-order valence-electron chi connectivity index (χ3n) is 1.53. The number of carbonyl (C=O) groups is 1. The van der Waals surface area contributed by atoms with E-state index in [2.05, 4.69) is 14.8 Å². The Kier molecular flexibility index (Phi) is 11.7. The number of amides is 1. The van der Waals surface area contributed by atoms with Gasteiger partial charge in [0.05, 0.1) is 33.0 Å². The van der Waals surface area contributed by atoms with E-state index in [0.29, 0.717) is 33.0 Å². The summed E-state index contributed by atoms with van der Waals surface area (Å²) in [6, 6.07) is 0. The lowest BCUT2D eigenvalue weighted by Gasteiger charge is -2.05. The lowest BCUT2D eigenvalue weighted by Crippen LogP contribution is -2.12. The Balaban J connectivity index is 3.08. The second kappa shape index (κ2) is 12.7. The van der Waals surface area contributed by atoms with Crippen LogP contribution < -0.4 is 0 Å². The van der Waals surface area contributed by atoms with Crippen molar-refractivity contribution in [1.29, 1.82) is 0 Å². The molecule has 0 saturated heterocycles. The van der Waals surface area contributed by atoms with Crippen molar-refractivity contribution in [3.8, 4) is 0 Å². The minimum atomic E-state index is -0.955. The highest BCUT2D eigenvalue weighted by Crippen LogP contribution is 1.86. The van der Waals surface area contributed by atoms with Gasteiger partial charge in [0.25, 0.3) is 0 Å². The molecular formula is C9H17N3O5. The highest BCUT2D eigenvalue weighted by atomic mass is 16.6. The summed E-state index contributed by atoms with van der Waals surface area (Å²) in [6.45, 7) is 4.85. The predicted octanol–water partition coefficient (Wildman–Crippen LogP) is 1.50. The minimum absolute atomic E-state index is 0.0524. The van der Waals surface area contributed by atoms with Gasteiger partial charge in [0.15, 0.2) is 0 Å². The van der Waals surface area contributed by atoms with Crippen molar-refractivity contribution in [3.05, 3.63) is 10.4 Å². The Hall–Kier alpha value is -1.34. The Morgan fingerprint density at radius 2 is 1.59 bits per heavy atom. The third kappa shape index (κ3) is 12.6. The van der Waals surface area contributed by atoms with Crippen LogP contribution in [0.3, 0.4) is 0 Å². The molecule has 8 nitrogen and oxygen atoms in total. The zero-order valence-electron chi connectivity index (χ0n) is 9.83. The quantitative estimate of drug-likeness (QED) is 0.252. The minimum Gasteiger partial charge on any atom is -0.458 e. The van der Waals surface area contributed by atoms with Crippen molar-refractivity contribution in [2.45, 2.75) is 6.92 Å². The molecule has 0 atom stereocenters. The van der Waals surface area contributed by atoms with Crippen LogP contribution in [-0.2, 0) is 18.9 Å². The van der Waals surface area contributed by atoms with Gasteiger partial charge >= 0.3 is 6.09 Å². The monoisotopic (exact) mass is 247 g/mol. The molecule has 0 radical (unpaired) electrons. The van der Waals surface area contributed by atoms with Gasteiger partial charge in [-0.15, -0.1) is 0 Å². The molecule has 0 spiro atoms. The largest absolute Gasteiger partial charge is 0.458 e. The smallest absolute Gasteiger partial charge is 0.396 e. The molecule has 0 aliphatic rings. The van der Waals surface area contributed by atoms with Gasteiger partial charge in [-0.25, -0.2) is 4.79 Å². The third-order valence-corrected chi connectivity index (χ3v) is 1.53. The Labute approximate surface area is 99.4 Å². The molecule has 0 aromatic rings. The predicted molar refractivity (Wildman–Crippen MR) is 58.6 cm³/mol. The van der Waals surface area contributed by atoms with Crippen LogP contribution >= 0.6 is 0 Å². The summed E-state index contributed by atoms with van der Waals surface area (Å²) in [5.74, 6) is 0. The Morgan fingerprint density at radius 3 is 2.12 bits per heavy atom. The molecule has 0 rings (SSSR count). The van der Waals surface area contributed by atoms with Gasteiger partial charge in [0.2, 0.25) is 0 Å². The molecule has 0 aliphatic carbocycles. The highest BCUT2D eigenvalue weighted by Gasteiger charge is 1.97. The molecule has 0 heterocycles. The molecule has 0 fully saturated rings. The van der Waals surface area contributed by atoms with Gasteiger partial charge in [-0.1, -0.05) is 0 Å². The van der Waals surface area contributed by atoms with Crippen molar-refractivity contribution >= 4 is 6.09 Å². The molecule has 0 unspecified atom stereocenters.